The number of likely N-dealkylation sites (tertiary alicyclic amines) is 1. The summed E-state index contributed by atoms with van der Waals surface area (Å²) in [7, 11) is 0. The number of nitrogens with zero attached hydrogens (tertiary/aromatic N) is 2. The van der Waals surface area contributed by atoms with Crippen LogP contribution in [0.5, 0.6) is 5.75 Å². The Morgan fingerprint density at radius 2 is 1.85 bits per heavy atom. The number of ether oxygens (including phenoxy) is 1. The molecule has 26 heavy (non-hydrogen) atoms. The summed E-state index contributed by atoms with van der Waals surface area (Å²) in [5.41, 5.74) is 0.779. The molecule has 1 heterocycles. The number of piperidine rings is 1. The van der Waals surface area contributed by atoms with Crippen LogP contribution in [0.2, 0.25) is 0 Å². The van der Waals surface area contributed by atoms with Crippen molar-refractivity contribution in [3.05, 3.63) is 33.9 Å². The molecule has 0 bridgehead atoms. The quantitative estimate of drug-likeness (QED) is 0.459. The van der Waals surface area contributed by atoms with Gasteiger partial charge < -0.3 is 14.9 Å². The number of nitro benzene ring substituents is 1. The summed E-state index contributed by atoms with van der Waals surface area (Å²) in [6, 6.07) is 4.91. The first-order valence-electron chi connectivity index (χ1n) is 8.27. The average Bonchev–Trinajstić information content (AvgIpc) is 2.57. The van der Waals surface area contributed by atoms with Crippen molar-refractivity contribution < 1.29 is 29.5 Å². The number of carboxylic acids is 2. The molecule has 2 rings (SSSR count). The van der Waals surface area contributed by atoms with Gasteiger partial charge >= 0.3 is 11.9 Å². The lowest BCUT2D eigenvalue weighted by Crippen LogP contribution is -2.35. The van der Waals surface area contributed by atoms with Crippen LogP contribution in [0.4, 0.5) is 5.69 Å². The monoisotopic (exact) mass is 368 g/mol. The summed E-state index contributed by atoms with van der Waals surface area (Å²) in [5.74, 6) is -2.10. The van der Waals surface area contributed by atoms with Gasteiger partial charge in [0.1, 0.15) is 12.4 Å². The molecule has 144 valence electrons. The highest BCUT2D eigenvalue weighted by Crippen LogP contribution is 2.23. The Balaban J connectivity index is 0.000000487. The van der Waals surface area contributed by atoms with E-state index < -0.39 is 11.9 Å². The van der Waals surface area contributed by atoms with Crippen molar-refractivity contribution in [2.24, 2.45) is 5.92 Å². The number of rotatable bonds is 5. The molecule has 2 N–H and O–H groups in total. The predicted molar refractivity (Wildman–Crippen MR) is 93.4 cm³/mol. The fraction of sp³-hybridized carbons (Fsp3) is 0.529. The molecule has 0 aliphatic carbocycles. The standard InChI is InChI=1S/C15H22N2O3.C2H2O4/c1-12-5-7-16(8-6-12)9-10-20-14-3-4-15(17(18)19)13(2)11-14;3-1(4)2(5)6/h3-4,11-12H,5-10H2,1-2H3;(H,3,4)(H,5,6). The van der Waals surface area contributed by atoms with Gasteiger partial charge in [-0.2, -0.15) is 0 Å². The maximum atomic E-state index is 10.7. The minimum absolute atomic E-state index is 0.141. The summed E-state index contributed by atoms with van der Waals surface area (Å²) in [5, 5.41) is 25.5. The SMILES string of the molecule is Cc1cc(OCCN2CCC(C)CC2)ccc1[N+](=O)[O-].O=C(O)C(=O)O. The molecule has 1 aliphatic heterocycles. The lowest BCUT2D eigenvalue weighted by atomic mass is 9.99. The van der Waals surface area contributed by atoms with E-state index in [2.05, 4.69) is 11.8 Å². The first kappa shape index (κ1) is 21.4. The van der Waals surface area contributed by atoms with Gasteiger partial charge in [0, 0.05) is 18.2 Å². The highest BCUT2D eigenvalue weighted by molar-refractivity contribution is 6.27. The topological polar surface area (TPSA) is 130 Å². The minimum Gasteiger partial charge on any atom is -0.492 e. The Kier molecular flexibility index (Phi) is 8.50. The maximum absolute atomic E-state index is 10.7. The van der Waals surface area contributed by atoms with Crippen molar-refractivity contribution in [3.63, 3.8) is 0 Å². The van der Waals surface area contributed by atoms with Gasteiger partial charge in [-0.1, -0.05) is 6.92 Å². The van der Waals surface area contributed by atoms with E-state index in [0.717, 1.165) is 25.6 Å². The summed E-state index contributed by atoms with van der Waals surface area (Å²) >= 11 is 0. The zero-order valence-corrected chi connectivity index (χ0v) is 14.9. The maximum Gasteiger partial charge on any atom is 0.414 e. The fourth-order valence-electron chi connectivity index (χ4n) is 2.50. The molecule has 0 saturated carbocycles. The third-order valence-electron chi connectivity index (χ3n) is 4.10. The van der Waals surface area contributed by atoms with Crippen LogP contribution in [-0.2, 0) is 9.59 Å². The van der Waals surface area contributed by atoms with Crippen LogP contribution in [0.25, 0.3) is 0 Å². The van der Waals surface area contributed by atoms with Crippen LogP contribution in [0.3, 0.4) is 0 Å². The highest BCUT2D eigenvalue weighted by Gasteiger charge is 2.15. The zero-order chi connectivity index (χ0) is 19.7. The second kappa shape index (κ2) is 10.3. The molecule has 1 saturated heterocycles. The van der Waals surface area contributed by atoms with Gasteiger partial charge in [-0.25, -0.2) is 9.59 Å². The highest BCUT2D eigenvalue weighted by atomic mass is 16.6. The van der Waals surface area contributed by atoms with Crippen LogP contribution in [-0.4, -0.2) is 58.2 Å². The third kappa shape index (κ3) is 7.47. The molecule has 1 aromatic carbocycles. The first-order chi connectivity index (χ1) is 12.2. The molecule has 0 atom stereocenters. The predicted octanol–water partition coefficient (Wildman–Crippen LogP) is 2.17. The molecular formula is C17H24N2O7. The number of aryl methyl sites for hydroxylation is 1. The first-order valence-corrected chi connectivity index (χ1v) is 8.27. The van der Waals surface area contributed by atoms with E-state index in [9.17, 15) is 10.1 Å². The largest absolute Gasteiger partial charge is 0.492 e. The number of carbonyl (C=O) groups is 2. The number of aliphatic carboxylic acids is 2. The van der Waals surface area contributed by atoms with Crippen LogP contribution in [0.1, 0.15) is 25.3 Å². The number of carboxylic acid groups (broad SMARTS) is 2. The van der Waals surface area contributed by atoms with Gasteiger partial charge in [-0.05, 0) is 50.9 Å². The van der Waals surface area contributed by atoms with E-state index in [0.29, 0.717) is 17.9 Å². The molecule has 0 amide bonds. The smallest absolute Gasteiger partial charge is 0.414 e. The number of hydrogen-bond acceptors (Lipinski definition) is 6. The van der Waals surface area contributed by atoms with Gasteiger partial charge in [-0.3, -0.25) is 15.0 Å². The van der Waals surface area contributed by atoms with Crippen molar-refractivity contribution in [2.45, 2.75) is 26.7 Å². The van der Waals surface area contributed by atoms with Crippen molar-refractivity contribution in [1.82, 2.24) is 4.90 Å². The molecule has 0 unspecified atom stereocenters. The molecule has 9 heteroatoms. The number of benzene rings is 1. The van der Waals surface area contributed by atoms with Crippen LogP contribution < -0.4 is 4.74 Å². The van der Waals surface area contributed by atoms with E-state index in [1.807, 2.05) is 0 Å². The lowest BCUT2D eigenvalue weighted by Gasteiger charge is -2.29. The Bertz CT molecular complexity index is 628. The number of nitro groups is 1. The molecular weight excluding hydrogens is 344 g/mol. The Hall–Kier alpha value is -2.68. The zero-order valence-electron chi connectivity index (χ0n) is 14.9. The van der Waals surface area contributed by atoms with E-state index in [-0.39, 0.29) is 10.6 Å². The Morgan fingerprint density at radius 1 is 1.27 bits per heavy atom. The van der Waals surface area contributed by atoms with Crippen LogP contribution >= 0.6 is 0 Å². The Labute approximate surface area is 151 Å². The normalized spacial score (nSPS) is 14.8. The second-order valence-electron chi connectivity index (χ2n) is 6.19. The second-order valence-corrected chi connectivity index (χ2v) is 6.19. The van der Waals surface area contributed by atoms with Crippen LogP contribution in [0.15, 0.2) is 18.2 Å². The summed E-state index contributed by atoms with van der Waals surface area (Å²) in [4.78, 5) is 31.0. The van der Waals surface area contributed by atoms with Gasteiger partial charge in [0.05, 0.1) is 4.92 Å². The van der Waals surface area contributed by atoms with Gasteiger partial charge in [-0.15, -0.1) is 0 Å². The van der Waals surface area contributed by atoms with Crippen molar-refractivity contribution >= 4 is 17.6 Å². The average molecular weight is 368 g/mol. The third-order valence-corrected chi connectivity index (χ3v) is 4.10. The molecule has 0 radical (unpaired) electrons. The van der Waals surface area contributed by atoms with E-state index in [1.54, 1.807) is 19.1 Å². The van der Waals surface area contributed by atoms with E-state index in [1.165, 1.54) is 18.9 Å². The number of hydrogen-bond donors (Lipinski definition) is 2. The van der Waals surface area contributed by atoms with E-state index >= 15 is 0 Å². The molecule has 9 nitrogen and oxygen atoms in total. The van der Waals surface area contributed by atoms with Crippen LogP contribution in [0, 0.1) is 23.0 Å². The Morgan fingerprint density at radius 3 is 2.31 bits per heavy atom. The van der Waals surface area contributed by atoms with Gasteiger partial charge in [0.2, 0.25) is 0 Å². The minimum atomic E-state index is -1.82. The van der Waals surface area contributed by atoms with Gasteiger partial charge in [0.25, 0.3) is 5.69 Å². The molecule has 1 fully saturated rings. The molecule has 0 aromatic heterocycles. The van der Waals surface area contributed by atoms with Crippen molar-refractivity contribution in [2.75, 3.05) is 26.2 Å². The van der Waals surface area contributed by atoms with Crippen molar-refractivity contribution in [1.29, 1.82) is 0 Å². The molecule has 0 spiro atoms. The summed E-state index contributed by atoms with van der Waals surface area (Å²) in [6.45, 7) is 7.87. The fourth-order valence-corrected chi connectivity index (χ4v) is 2.50. The summed E-state index contributed by atoms with van der Waals surface area (Å²) < 4.78 is 5.69. The van der Waals surface area contributed by atoms with Gasteiger partial charge in [0.15, 0.2) is 0 Å². The van der Waals surface area contributed by atoms with E-state index in [4.69, 9.17) is 24.5 Å². The lowest BCUT2D eigenvalue weighted by molar-refractivity contribution is -0.385. The van der Waals surface area contributed by atoms with Crippen molar-refractivity contribution in [3.8, 4) is 5.75 Å². The molecule has 1 aromatic rings. The molecule has 1 aliphatic rings. The summed E-state index contributed by atoms with van der Waals surface area (Å²) in [6.07, 6.45) is 2.52.